The summed E-state index contributed by atoms with van der Waals surface area (Å²) in [6.45, 7) is 3.96. The van der Waals surface area contributed by atoms with Crippen molar-refractivity contribution in [3.8, 4) is 0 Å². The molecule has 1 aliphatic carbocycles. The summed E-state index contributed by atoms with van der Waals surface area (Å²) in [5.74, 6) is 0.161. The lowest BCUT2D eigenvalue weighted by Gasteiger charge is -2.18. The van der Waals surface area contributed by atoms with Crippen molar-refractivity contribution in [1.29, 1.82) is 0 Å². The highest BCUT2D eigenvalue weighted by Gasteiger charge is 2.32. The molecule has 0 spiro atoms. The molecule has 2 atom stereocenters. The summed E-state index contributed by atoms with van der Waals surface area (Å²) in [5, 5.41) is 13.8. The van der Waals surface area contributed by atoms with Gasteiger partial charge in [-0.05, 0) is 50.8 Å². The van der Waals surface area contributed by atoms with Crippen LogP contribution in [-0.2, 0) is 4.79 Å². The molecular formula is C15H21N3O3. The van der Waals surface area contributed by atoms with Crippen LogP contribution in [0.4, 0.5) is 11.4 Å². The van der Waals surface area contributed by atoms with E-state index in [-0.39, 0.29) is 23.4 Å². The Kier molecular flexibility index (Phi) is 4.57. The number of amides is 1. The molecule has 1 aliphatic rings. The molecule has 6 nitrogen and oxygen atoms in total. The maximum Gasteiger partial charge on any atom is 0.272 e. The summed E-state index contributed by atoms with van der Waals surface area (Å²) in [5.41, 5.74) is 7.67. The Hall–Kier alpha value is -1.95. The molecular weight excluding hydrogens is 270 g/mol. The fourth-order valence-electron chi connectivity index (χ4n) is 3.02. The van der Waals surface area contributed by atoms with Crippen LogP contribution in [0.25, 0.3) is 0 Å². The maximum absolute atomic E-state index is 12.4. The minimum atomic E-state index is -0.407. The molecule has 2 unspecified atom stereocenters. The van der Waals surface area contributed by atoms with E-state index in [0.29, 0.717) is 23.4 Å². The first-order chi connectivity index (χ1) is 9.93. The van der Waals surface area contributed by atoms with Crippen molar-refractivity contribution in [2.45, 2.75) is 33.1 Å². The molecule has 21 heavy (non-hydrogen) atoms. The second-order valence-electron chi connectivity index (χ2n) is 5.73. The summed E-state index contributed by atoms with van der Waals surface area (Å²) in [4.78, 5) is 22.9. The minimum absolute atomic E-state index is 0.0284. The largest absolute Gasteiger partial charge is 0.330 e. The molecule has 3 N–H and O–H groups in total. The van der Waals surface area contributed by atoms with Crippen LogP contribution in [0.2, 0.25) is 0 Å². The monoisotopic (exact) mass is 291 g/mol. The molecule has 0 aromatic heterocycles. The number of nitrogens with one attached hydrogen (secondary N) is 1. The number of nitro benzene ring substituents is 1. The van der Waals surface area contributed by atoms with Gasteiger partial charge in [-0.25, -0.2) is 0 Å². The normalized spacial score (nSPS) is 21.3. The topological polar surface area (TPSA) is 98.3 Å². The van der Waals surface area contributed by atoms with Crippen molar-refractivity contribution in [2.75, 3.05) is 11.9 Å². The van der Waals surface area contributed by atoms with Crippen LogP contribution >= 0.6 is 0 Å². The molecule has 0 radical (unpaired) electrons. The third kappa shape index (κ3) is 3.21. The summed E-state index contributed by atoms with van der Waals surface area (Å²) >= 11 is 0. The number of nitrogens with two attached hydrogens (primary N) is 1. The van der Waals surface area contributed by atoms with Crippen LogP contribution in [0.15, 0.2) is 12.1 Å². The summed E-state index contributed by atoms with van der Waals surface area (Å²) in [6, 6.07) is 3.16. The molecule has 2 rings (SSSR count). The lowest BCUT2D eigenvalue weighted by atomic mass is 9.95. The van der Waals surface area contributed by atoms with Crippen LogP contribution in [0.5, 0.6) is 0 Å². The van der Waals surface area contributed by atoms with E-state index >= 15 is 0 Å². The Morgan fingerprint density at radius 1 is 1.38 bits per heavy atom. The molecule has 0 saturated heterocycles. The van der Waals surface area contributed by atoms with Gasteiger partial charge in [0.2, 0.25) is 5.91 Å². The van der Waals surface area contributed by atoms with E-state index in [1.807, 2.05) is 0 Å². The first-order valence-corrected chi connectivity index (χ1v) is 7.20. The molecule has 6 heteroatoms. The molecule has 0 heterocycles. The lowest BCUT2D eigenvalue weighted by molar-refractivity contribution is -0.385. The number of carbonyl (C=O) groups is 1. The second kappa shape index (κ2) is 6.22. The number of benzene rings is 1. The number of hydrogen-bond acceptors (Lipinski definition) is 4. The molecule has 0 aliphatic heterocycles. The van der Waals surface area contributed by atoms with E-state index < -0.39 is 4.92 Å². The van der Waals surface area contributed by atoms with E-state index in [0.717, 1.165) is 19.3 Å². The third-order valence-electron chi connectivity index (χ3n) is 4.30. The van der Waals surface area contributed by atoms with E-state index in [9.17, 15) is 14.9 Å². The van der Waals surface area contributed by atoms with Gasteiger partial charge in [0.25, 0.3) is 5.69 Å². The van der Waals surface area contributed by atoms with Gasteiger partial charge in [-0.15, -0.1) is 0 Å². The zero-order chi connectivity index (χ0) is 15.6. The molecule has 1 aromatic carbocycles. The highest BCUT2D eigenvalue weighted by Crippen LogP contribution is 2.33. The highest BCUT2D eigenvalue weighted by molar-refractivity contribution is 5.94. The Bertz CT molecular complexity index is 572. The Balaban J connectivity index is 2.18. The van der Waals surface area contributed by atoms with E-state index in [4.69, 9.17) is 5.73 Å². The zero-order valence-corrected chi connectivity index (χ0v) is 12.4. The fraction of sp³-hybridized carbons (Fsp3) is 0.533. The van der Waals surface area contributed by atoms with Crippen LogP contribution in [0.1, 0.15) is 30.4 Å². The van der Waals surface area contributed by atoms with Crippen LogP contribution < -0.4 is 11.1 Å². The van der Waals surface area contributed by atoms with Gasteiger partial charge in [-0.2, -0.15) is 0 Å². The van der Waals surface area contributed by atoms with Crippen LogP contribution in [-0.4, -0.2) is 17.4 Å². The molecule has 1 amide bonds. The van der Waals surface area contributed by atoms with E-state index in [2.05, 4.69) is 5.32 Å². The maximum atomic E-state index is 12.4. The van der Waals surface area contributed by atoms with Gasteiger partial charge in [-0.1, -0.05) is 6.42 Å². The van der Waals surface area contributed by atoms with E-state index in [1.54, 1.807) is 19.9 Å². The average molecular weight is 291 g/mol. The summed E-state index contributed by atoms with van der Waals surface area (Å²) in [6.07, 6.45) is 2.88. The van der Waals surface area contributed by atoms with Gasteiger partial charge in [0, 0.05) is 23.2 Å². The van der Waals surface area contributed by atoms with Crippen molar-refractivity contribution in [1.82, 2.24) is 0 Å². The van der Waals surface area contributed by atoms with Crippen LogP contribution in [0.3, 0.4) is 0 Å². The van der Waals surface area contributed by atoms with Crippen molar-refractivity contribution >= 4 is 17.3 Å². The smallest absolute Gasteiger partial charge is 0.272 e. The number of aryl methyl sites for hydroxylation is 2. The third-order valence-corrected chi connectivity index (χ3v) is 4.30. The van der Waals surface area contributed by atoms with E-state index in [1.165, 1.54) is 6.07 Å². The zero-order valence-electron chi connectivity index (χ0n) is 12.4. The van der Waals surface area contributed by atoms with Crippen molar-refractivity contribution in [2.24, 2.45) is 17.6 Å². The predicted octanol–water partition coefficient (Wildman–Crippen LogP) is 2.53. The number of nitrogens with zero attached hydrogens (tertiary/aromatic N) is 1. The minimum Gasteiger partial charge on any atom is -0.330 e. The number of hydrogen-bond donors (Lipinski definition) is 2. The molecule has 1 aromatic rings. The molecule has 114 valence electrons. The Morgan fingerprint density at radius 3 is 2.71 bits per heavy atom. The molecule has 1 fully saturated rings. The first kappa shape index (κ1) is 15.4. The SMILES string of the molecule is Cc1cc([N+](=O)[O-])c(C)cc1NC(=O)C1CCCC1CN. The summed E-state index contributed by atoms with van der Waals surface area (Å²) in [7, 11) is 0. The highest BCUT2D eigenvalue weighted by atomic mass is 16.6. The fourth-order valence-corrected chi connectivity index (χ4v) is 3.02. The Labute approximate surface area is 123 Å². The number of carbonyl (C=O) groups excluding carboxylic acids is 1. The first-order valence-electron chi connectivity index (χ1n) is 7.20. The molecule has 0 bridgehead atoms. The Morgan fingerprint density at radius 2 is 2.10 bits per heavy atom. The number of rotatable bonds is 4. The van der Waals surface area contributed by atoms with Crippen molar-refractivity contribution in [3.63, 3.8) is 0 Å². The van der Waals surface area contributed by atoms with Gasteiger partial charge in [0.1, 0.15) is 0 Å². The predicted molar refractivity (Wildman–Crippen MR) is 81.1 cm³/mol. The number of anilines is 1. The van der Waals surface area contributed by atoms with Gasteiger partial charge in [0.05, 0.1) is 4.92 Å². The quantitative estimate of drug-likeness (QED) is 0.657. The van der Waals surface area contributed by atoms with Crippen molar-refractivity contribution < 1.29 is 9.72 Å². The average Bonchev–Trinajstić information content (AvgIpc) is 2.90. The molecule has 1 saturated carbocycles. The summed E-state index contributed by atoms with van der Waals surface area (Å²) < 4.78 is 0. The van der Waals surface area contributed by atoms with Gasteiger partial charge < -0.3 is 11.1 Å². The van der Waals surface area contributed by atoms with Gasteiger partial charge in [0.15, 0.2) is 0 Å². The number of nitro groups is 1. The van der Waals surface area contributed by atoms with Gasteiger partial charge >= 0.3 is 0 Å². The van der Waals surface area contributed by atoms with Crippen LogP contribution in [0, 0.1) is 35.8 Å². The standard InChI is InChI=1S/C15H21N3O3/c1-9-7-14(18(20)21)10(2)6-13(9)17-15(19)12-5-3-4-11(12)8-16/h6-7,11-12H,3-5,8,16H2,1-2H3,(H,17,19). The second-order valence-corrected chi connectivity index (χ2v) is 5.73. The lowest BCUT2D eigenvalue weighted by Crippen LogP contribution is -2.30. The van der Waals surface area contributed by atoms with Gasteiger partial charge in [-0.3, -0.25) is 14.9 Å². The van der Waals surface area contributed by atoms with Crippen molar-refractivity contribution in [3.05, 3.63) is 33.4 Å².